The number of carbonyl (C=O) groups is 2. The molecule has 5 nitrogen and oxygen atoms in total. The number of thioether (sulfide) groups is 1. The SMILES string of the molecule is C=C(CC(=O)NCCN1CCSC1=S)C(=O)OCC. The predicted octanol–water partition coefficient (Wildman–Crippen LogP) is 0.946. The van der Waals surface area contributed by atoms with Crippen molar-refractivity contribution in [1.82, 2.24) is 10.2 Å². The standard InChI is InChI=1S/C12H18N2O3S2/c1-3-17-11(16)9(2)8-10(15)13-4-5-14-6-7-19-12(14)18/h2-8H2,1H3,(H,13,15). The highest BCUT2D eigenvalue weighted by Gasteiger charge is 2.17. The molecule has 7 heteroatoms. The number of hydrogen-bond donors (Lipinski definition) is 1. The Hall–Kier alpha value is -1.08. The molecule has 1 saturated heterocycles. The van der Waals surface area contributed by atoms with Crippen LogP contribution in [0, 0.1) is 0 Å². The molecule has 1 heterocycles. The lowest BCUT2D eigenvalue weighted by molar-refractivity contribution is -0.139. The first-order valence-electron chi connectivity index (χ1n) is 6.08. The minimum Gasteiger partial charge on any atom is -0.463 e. The third kappa shape index (κ3) is 5.61. The molecule has 1 fully saturated rings. The van der Waals surface area contributed by atoms with Gasteiger partial charge in [-0.15, -0.1) is 0 Å². The number of amides is 1. The van der Waals surface area contributed by atoms with Crippen LogP contribution >= 0.6 is 24.0 Å². The van der Waals surface area contributed by atoms with Gasteiger partial charge >= 0.3 is 5.97 Å². The van der Waals surface area contributed by atoms with E-state index in [2.05, 4.69) is 16.8 Å². The molecule has 0 aromatic carbocycles. The monoisotopic (exact) mass is 302 g/mol. The van der Waals surface area contributed by atoms with E-state index in [1.165, 1.54) is 0 Å². The van der Waals surface area contributed by atoms with E-state index in [1.54, 1.807) is 18.7 Å². The van der Waals surface area contributed by atoms with Crippen LogP contribution in [0.3, 0.4) is 0 Å². The van der Waals surface area contributed by atoms with E-state index in [4.69, 9.17) is 17.0 Å². The zero-order chi connectivity index (χ0) is 14.3. The maximum atomic E-state index is 11.6. The second-order valence-corrected chi connectivity index (χ2v) is 5.68. The summed E-state index contributed by atoms with van der Waals surface area (Å²) in [5.74, 6) is 0.262. The molecule has 0 atom stereocenters. The zero-order valence-corrected chi connectivity index (χ0v) is 12.6. The molecule has 0 spiro atoms. The normalized spacial score (nSPS) is 14.4. The van der Waals surface area contributed by atoms with Crippen molar-refractivity contribution >= 4 is 40.2 Å². The Morgan fingerprint density at radius 2 is 2.32 bits per heavy atom. The molecule has 0 saturated carbocycles. The van der Waals surface area contributed by atoms with Crippen molar-refractivity contribution in [2.45, 2.75) is 13.3 Å². The fourth-order valence-electron chi connectivity index (χ4n) is 1.52. The van der Waals surface area contributed by atoms with Crippen LogP contribution in [-0.2, 0) is 14.3 Å². The number of ether oxygens (including phenoxy) is 1. The summed E-state index contributed by atoms with van der Waals surface area (Å²) >= 11 is 6.81. The number of nitrogens with zero attached hydrogens (tertiary/aromatic N) is 1. The Bertz CT molecular complexity index is 385. The fraction of sp³-hybridized carbons (Fsp3) is 0.583. The molecule has 1 N–H and O–H groups in total. The van der Waals surface area contributed by atoms with Crippen molar-refractivity contribution in [2.75, 3.05) is 32.0 Å². The molecule has 0 aromatic heterocycles. The molecule has 0 aromatic rings. The summed E-state index contributed by atoms with van der Waals surface area (Å²) in [7, 11) is 0. The summed E-state index contributed by atoms with van der Waals surface area (Å²) in [5, 5.41) is 2.74. The van der Waals surface area contributed by atoms with Gasteiger partial charge in [-0.25, -0.2) is 4.79 Å². The number of carbonyl (C=O) groups excluding carboxylic acids is 2. The molecule has 0 aliphatic carbocycles. The van der Waals surface area contributed by atoms with Gasteiger partial charge in [-0.05, 0) is 6.92 Å². The highest BCUT2D eigenvalue weighted by atomic mass is 32.2. The lowest BCUT2D eigenvalue weighted by Gasteiger charge is -2.16. The molecule has 106 valence electrons. The van der Waals surface area contributed by atoms with Gasteiger partial charge in [0.2, 0.25) is 5.91 Å². The maximum Gasteiger partial charge on any atom is 0.333 e. The van der Waals surface area contributed by atoms with E-state index in [0.717, 1.165) is 16.6 Å². The largest absolute Gasteiger partial charge is 0.463 e. The molecule has 1 aliphatic heterocycles. The van der Waals surface area contributed by atoms with Crippen molar-refractivity contribution in [3.63, 3.8) is 0 Å². The van der Waals surface area contributed by atoms with E-state index in [-0.39, 0.29) is 24.5 Å². The Kier molecular flexibility index (Phi) is 6.86. The van der Waals surface area contributed by atoms with Crippen LogP contribution in [0.15, 0.2) is 12.2 Å². The van der Waals surface area contributed by atoms with Crippen LogP contribution in [0.4, 0.5) is 0 Å². The maximum absolute atomic E-state index is 11.6. The van der Waals surface area contributed by atoms with Gasteiger partial charge in [-0.2, -0.15) is 0 Å². The third-order valence-electron chi connectivity index (χ3n) is 2.49. The van der Waals surface area contributed by atoms with E-state index in [9.17, 15) is 9.59 Å². The molecule has 0 bridgehead atoms. The number of thiocarbonyl (C=S) groups is 1. The van der Waals surface area contributed by atoms with E-state index in [1.807, 2.05) is 0 Å². The first-order valence-corrected chi connectivity index (χ1v) is 7.47. The van der Waals surface area contributed by atoms with Gasteiger partial charge < -0.3 is 15.0 Å². The number of rotatable bonds is 7. The number of hydrogen-bond acceptors (Lipinski definition) is 5. The first kappa shape index (κ1) is 16.0. The smallest absolute Gasteiger partial charge is 0.333 e. The molecule has 19 heavy (non-hydrogen) atoms. The molecule has 1 aliphatic rings. The van der Waals surface area contributed by atoms with E-state index < -0.39 is 5.97 Å². The lowest BCUT2D eigenvalue weighted by Crippen LogP contribution is -2.35. The average Bonchev–Trinajstić information content (AvgIpc) is 2.75. The Morgan fingerprint density at radius 1 is 1.58 bits per heavy atom. The Labute approximate surface area is 122 Å². The van der Waals surface area contributed by atoms with Crippen molar-refractivity contribution in [2.24, 2.45) is 0 Å². The molecule has 1 amide bonds. The van der Waals surface area contributed by atoms with Crippen LogP contribution in [0.25, 0.3) is 0 Å². The summed E-state index contributed by atoms with van der Waals surface area (Å²) < 4.78 is 5.64. The molecule has 0 radical (unpaired) electrons. The molecule has 0 unspecified atom stereocenters. The third-order valence-corrected chi connectivity index (χ3v) is 3.99. The van der Waals surface area contributed by atoms with Gasteiger partial charge in [0.25, 0.3) is 0 Å². The van der Waals surface area contributed by atoms with Gasteiger partial charge in [0.15, 0.2) is 0 Å². The first-order chi connectivity index (χ1) is 9.04. The van der Waals surface area contributed by atoms with Crippen LogP contribution < -0.4 is 5.32 Å². The molecular weight excluding hydrogens is 284 g/mol. The van der Waals surface area contributed by atoms with Crippen molar-refractivity contribution in [3.8, 4) is 0 Å². The predicted molar refractivity (Wildman–Crippen MR) is 80.0 cm³/mol. The summed E-state index contributed by atoms with van der Waals surface area (Å²) in [6.07, 6.45) is -0.0297. The summed E-state index contributed by atoms with van der Waals surface area (Å²) in [4.78, 5) is 24.9. The Morgan fingerprint density at radius 3 is 2.89 bits per heavy atom. The number of nitrogens with one attached hydrogen (secondary N) is 1. The molecule has 1 rings (SSSR count). The minimum atomic E-state index is -0.519. The average molecular weight is 302 g/mol. The van der Waals surface area contributed by atoms with Gasteiger partial charge in [0.05, 0.1) is 13.0 Å². The molecular formula is C12H18N2O3S2. The van der Waals surface area contributed by atoms with E-state index in [0.29, 0.717) is 13.1 Å². The van der Waals surface area contributed by atoms with E-state index >= 15 is 0 Å². The summed E-state index contributed by atoms with van der Waals surface area (Å²) in [5.41, 5.74) is 0.173. The minimum absolute atomic E-state index is 0.0297. The van der Waals surface area contributed by atoms with Gasteiger partial charge in [-0.1, -0.05) is 30.6 Å². The Balaban J connectivity index is 2.19. The fourth-order valence-corrected chi connectivity index (χ4v) is 2.80. The highest BCUT2D eigenvalue weighted by molar-refractivity contribution is 8.23. The van der Waals surface area contributed by atoms with Gasteiger partial charge in [-0.3, -0.25) is 4.79 Å². The topological polar surface area (TPSA) is 58.6 Å². The quantitative estimate of drug-likeness (QED) is 0.429. The second-order valence-electron chi connectivity index (χ2n) is 3.95. The lowest BCUT2D eigenvalue weighted by atomic mass is 10.2. The number of esters is 1. The van der Waals surface area contributed by atoms with Crippen LogP contribution in [-0.4, -0.2) is 53.1 Å². The zero-order valence-electron chi connectivity index (χ0n) is 10.9. The van der Waals surface area contributed by atoms with Crippen molar-refractivity contribution < 1.29 is 14.3 Å². The van der Waals surface area contributed by atoms with Crippen LogP contribution in [0.2, 0.25) is 0 Å². The highest BCUT2D eigenvalue weighted by Crippen LogP contribution is 2.16. The summed E-state index contributed by atoms with van der Waals surface area (Å²) in [6, 6.07) is 0. The van der Waals surface area contributed by atoms with Gasteiger partial charge in [0.1, 0.15) is 4.32 Å². The van der Waals surface area contributed by atoms with Crippen molar-refractivity contribution in [3.05, 3.63) is 12.2 Å². The second kappa shape index (κ2) is 8.16. The van der Waals surface area contributed by atoms with Crippen LogP contribution in [0.1, 0.15) is 13.3 Å². The van der Waals surface area contributed by atoms with Gasteiger partial charge in [0, 0.05) is 31.0 Å². The van der Waals surface area contributed by atoms with Crippen molar-refractivity contribution in [1.29, 1.82) is 0 Å². The summed E-state index contributed by atoms with van der Waals surface area (Å²) in [6.45, 7) is 7.67. The van der Waals surface area contributed by atoms with Crippen LogP contribution in [0.5, 0.6) is 0 Å².